The summed E-state index contributed by atoms with van der Waals surface area (Å²) in [5.74, 6) is 0.451. The molecule has 43 heavy (non-hydrogen) atoms. The third-order valence-electron chi connectivity index (χ3n) is 6.77. The van der Waals surface area contributed by atoms with E-state index in [1.807, 2.05) is 20.8 Å². The predicted octanol–water partition coefficient (Wildman–Crippen LogP) is 7.83. The van der Waals surface area contributed by atoms with Crippen LogP contribution in [0.5, 0.6) is 11.5 Å². The molecule has 0 spiro atoms. The number of benzene rings is 2. The molecule has 0 bridgehead atoms. The molecule has 3 rings (SSSR count). The molecule has 1 aliphatic heterocycles. The van der Waals surface area contributed by atoms with E-state index in [0.29, 0.717) is 17.7 Å². The molecule has 14 heteroatoms. The van der Waals surface area contributed by atoms with Gasteiger partial charge in [-0.2, -0.15) is 26.3 Å². The second-order valence-electron chi connectivity index (χ2n) is 11.4. The van der Waals surface area contributed by atoms with Crippen LogP contribution in [0.15, 0.2) is 30.3 Å². The highest BCUT2D eigenvalue weighted by Gasteiger charge is 2.42. The van der Waals surface area contributed by atoms with Gasteiger partial charge in [-0.1, -0.05) is 20.8 Å². The van der Waals surface area contributed by atoms with Gasteiger partial charge in [0.15, 0.2) is 11.5 Å². The highest BCUT2D eigenvalue weighted by atomic mass is 19.4. The van der Waals surface area contributed by atoms with Gasteiger partial charge >= 0.3 is 24.5 Å². The zero-order valence-corrected chi connectivity index (χ0v) is 24.8. The van der Waals surface area contributed by atoms with Crippen molar-refractivity contribution in [1.29, 1.82) is 0 Å². The fraction of sp³-hybridized carbons (Fsp3) is 0.517. The number of alkyl halides is 6. The SMILES string of the molecule is COC(=O)N(Cc1cc(C(F)(F)F)cc(C(F)(F)F)c1)C1CC(C)N(C(=O)OCC(C)(C)C)c2cc(OC)c(OC)cc21. The number of fused-ring (bicyclic) bond motifs is 1. The van der Waals surface area contributed by atoms with Crippen LogP contribution in [0.25, 0.3) is 0 Å². The van der Waals surface area contributed by atoms with Crippen LogP contribution < -0.4 is 14.4 Å². The van der Waals surface area contributed by atoms with Gasteiger partial charge in [-0.25, -0.2) is 9.59 Å². The van der Waals surface area contributed by atoms with Crippen molar-refractivity contribution in [1.82, 2.24) is 4.90 Å². The summed E-state index contributed by atoms with van der Waals surface area (Å²) < 4.78 is 103. The van der Waals surface area contributed by atoms with Gasteiger partial charge in [-0.3, -0.25) is 9.80 Å². The van der Waals surface area contributed by atoms with Crippen molar-refractivity contribution in [2.75, 3.05) is 32.8 Å². The number of methoxy groups -OCH3 is 3. The molecule has 0 aliphatic carbocycles. The standard InChI is InChI=1S/C29H34F6N2O6/c1-16-8-21(20-12-23(40-5)24(41-6)13-22(20)37(16)26(39)43-15-27(2,3)4)36(25(38)42-7)14-17-9-18(28(30,31)32)11-19(10-17)29(33,34)35/h9-13,16,21H,8,14-15H2,1-7H3. The molecule has 0 N–H and O–H groups in total. The van der Waals surface area contributed by atoms with Gasteiger partial charge in [0, 0.05) is 24.2 Å². The maximum atomic E-state index is 13.6. The molecular formula is C29H34F6N2O6. The Kier molecular flexibility index (Phi) is 9.71. The van der Waals surface area contributed by atoms with E-state index in [-0.39, 0.29) is 41.7 Å². The normalized spacial score (nSPS) is 17.2. The maximum Gasteiger partial charge on any atom is 0.416 e. The van der Waals surface area contributed by atoms with Crippen LogP contribution in [0.2, 0.25) is 0 Å². The first-order chi connectivity index (χ1) is 19.8. The lowest BCUT2D eigenvalue weighted by molar-refractivity contribution is -0.143. The van der Waals surface area contributed by atoms with Crippen molar-refractivity contribution in [3.05, 3.63) is 52.6 Å². The van der Waals surface area contributed by atoms with E-state index in [9.17, 15) is 35.9 Å². The fourth-order valence-corrected chi connectivity index (χ4v) is 4.80. The number of halogens is 6. The quantitative estimate of drug-likeness (QED) is 0.307. The molecule has 2 aromatic rings. The van der Waals surface area contributed by atoms with Crippen molar-refractivity contribution in [3.63, 3.8) is 0 Å². The molecule has 238 valence electrons. The lowest BCUT2D eigenvalue weighted by Crippen LogP contribution is -2.48. The lowest BCUT2D eigenvalue weighted by atomic mass is 9.90. The van der Waals surface area contributed by atoms with E-state index in [4.69, 9.17) is 18.9 Å². The van der Waals surface area contributed by atoms with Gasteiger partial charge in [0.05, 0.1) is 50.8 Å². The smallest absolute Gasteiger partial charge is 0.416 e. The highest BCUT2D eigenvalue weighted by molar-refractivity contribution is 5.91. The van der Waals surface area contributed by atoms with E-state index in [1.54, 1.807) is 6.92 Å². The van der Waals surface area contributed by atoms with E-state index in [2.05, 4.69) is 0 Å². The van der Waals surface area contributed by atoms with Gasteiger partial charge in [0.2, 0.25) is 0 Å². The number of ether oxygens (including phenoxy) is 4. The van der Waals surface area contributed by atoms with Crippen molar-refractivity contribution in [2.24, 2.45) is 5.41 Å². The van der Waals surface area contributed by atoms with Crippen molar-refractivity contribution >= 4 is 17.9 Å². The Hall–Kier alpha value is -3.84. The fourth-order valence-electron chi connectivity index (χ4n) is 4.80. The van der Waals surface area contributed by atoms with Crippen LogP contribution in [0.4, 0.5) is 41.6 Å². The molecule has 2 atom stereocenters. The van der Waals surface area contributed by atoms with Gasteiger partial charge < -0.3 is 18.9 Å². The number of carbonyl (C=O) groups is 2. The molecule has 2 aromatic carbocycles. The lowest BCUT2D eigenvalue weighted by Gasteiger charge is -2.43. The summed E-state index contributed by atoms with van der Waals surface area (Å²) in [5.41, 5.74) is -3.22. The average Bonchev–Trinajstić information content (AvgIpc) is 2.91. The number of hydrogen-bond donors (Lipinski definition) is 0. The molecule has 2 unspecified atom stereocenters. The number of amides is 2. The summed E-state index contributed by atoms with van der Waals surface area (Å²) in [6.07, 6.45) is -11.8. The maximum absolute atomic E-state index is 13.6. The van der Waals surface area contributed by atoms with Gasteiger partial charge in [-0.05, 0) is 48.6 Å². The van der Waals surface area contributed by atoms with Crippen LogP contribution in [0, 0.1) is 5.41 Å². The summed E-state index contributed by atoms with van der Waals surface area (Å²) in [6.45, 7) is 6.73. The van der Waals surface area contributed by atoms with Crippen LogP contribution in [0.1, 0.15) is 62.4 Å². The van der Waals surface area contributed by atoms with Crippen molar-refractivity contribution in [3.8, 4) is 11.5 Å². The zero-order chi connectivity index (χ0) is 32.5. The van der Waals surface area contributed by atoms with Crippen LogP contribution in [-0.4, -0.2) is 51.1 Å². The number of nitrogens with zero attached hydrogens (tertiary/aromatic N) is 2. The molecule has 0 radical (unpaired) electrons. The Morgan fingerprint density at radius 3 is 1.88 bits per heavy atom. The summed E-state index contributed by atoms with van der Waals surface area (Å²) in [4.78, 5) is 28.8. The van der Waals surface area contributed by atoms with Crippen molar-refractivity contribution < 1.29 is 54.9 Å². The Labute approximate surface area is 245 Å². The number of anilines is 1. The number of carbonyl (C=O) groups excluding carboxylic acids is 2. The predicted molar refractivity (Wildman–Crippen MR) is 144 cm³/mol. The molecular weight excluding hydrogens is 586 g/mol. The largest absolute Gasteiger partial charge is 0.493 e. The first-order valence-electron chi connectivity index (χ1n) is 13.2. The van der Waals surface area contributed by atoms with Crippen molar-refractivity contribution in [2.45, 2.75) is 65.1 Å². The van der Waals surface area contributed by atoms with Gasteiger partial charge in [0.1, 0.15) is 0 Å². The molecule has 0 saturated carbocycles. The van der Waals surface area contributed by atoms with Gasteiger partial charge in [0.25, 0.3) is 0 Å². The minimum absolute atomic E-state index is 0.0161. The first kappa shape index (κ1) is 33.7. The molecule has 0 aromatic heterocycles. The van der Waals surface area contributed by atoms with E-state index < -0.39 is 59.9 Å². The molecule has 1 aliphatic rings. The Morgan fingerprint density at radius 2 is 1.42 bits per heavy atom. The minimum Gasteiger partial charge on any atom is -0.493 e. The molecule has 1 heterocycles. The second kappa shape index (κ2) is 12.4. The third kappa shape index (κ3) is 7.77. The Balaban J connectivity index is 2.18. The molecule has 0 saturated heterocycles. The van der Waals surface area contributed by atoms with E-state index >= 15 is 0 Å². The first-order valence-corrected chi connectivity index (χ1v) is 13.2. The van der Waals surface area contributed by atoms with Crippen LogP contribution in [-0.2, 0) is 28.4 Å². The van der Waals surface area contributed by atoms with Crippen LogP contribution >= 0.6 is 0 Å². The third-order valence-corrected chi connectivity index (χ3v) is 6.77. The summed E-state index contributed by atoms with van der Waals surface area (Å²) >= 11 is 0. The van der Waals surface area contributed by atoms with Crippen LogP contribution in [0.3, 0.4) is 0 Å². The van der Waals surface area contributed by atoms with E-state index in [1.165, 1.54) is 31.3 Å². The second-order valence-corrected chi connectivity index (χ2v) is 11.4. The summed E-state index contributed by atoms with van der Waals surface area (Å²) in [6, 6.07) is 2.53. The molecule has 8 nitrogen and oxygen atoms in total. The topological polar surface area (TPSA) is 77.5 Å². The zero-order valence-electron chi connectivity index (χ0n) is 24.8. The van der Waals surface area contributed by atoms with Gasteiger partial charge in [-0.15, -0.1) is 0 Å². The Bertz CT molecular complexity index is 1310. The molecule has 0 fully saturated rings. The summed E-state index contributed by atoms with van der Waals surface area (Å²) in [7, 11) is 3.78. The Morgan fingerprint density at radius 1 is 0.884 bits per heavy atom. The number of rotatable bonds is 6. The average molecular weight is 621 g/mol. The summed E-state index contributed by atoms with van der Waals surface area (Å²) in [5, 5.41) is 0. The molecule has 2 amide bonds. The monoisotopic (exact) mass is 620 g/mol. The van der Waals surface area contributed by atoms with E-state index in [0.717, 1.165) is 12.0 Å². The highest BCUT2D eigenvalue weighted by Crippen LogP contribution is 2.47. The minimum atomic E-state index is -5.07. The number of hydrogen-bond acceptors (Lipinski definition) is 6.